The number of fused-ring (bicyclic) bond motifs is 1. The highest BCUT2D eigenvalue weighted by molar-refractivity contribution is 9.10. The van der Waals surface area contributed by atoms with Gasteiger partial charge in [-0.15, -0.1) is 0 Å². The molecule has 0 spiro atoms. The highest BCUT2D eigenvalue weighted by Gasteiger charge is 2.43. The lowest BCUT2D eigenvalue weighted by Crippen LogP contribution is -2.45. The monoisotopic (exact) mass is 297 g/mol. The van der Waals surface area contributed by atoms with Crippen LogP contribution in [0.25, 0.3) is 0 Å². The summed E-state index contributed by atoms with van der Waals surface area (Å²) in [6.45, 7) is 2.23. The third-order valence-corrected chi connectivity index (χ3v) is 5.00. The summed E-state index contributed by atoms with van der Waals surface area (Å²) >= 11 is 3.65. The summed E-state index contributed by atoms with van der Waals surface area (Å²) in [5.74, 6) is 1.33. The first kappa shape index (κ1) is 11.7. The van der Waals surface area contributed by atoms with E-state index in [1.54, 1.807) is 0 Å². The van der Waals surface area contributed by atoms with Gasteiger partial charge in [0, 0.05) is 18.5 Å². The molecule has 0 unspecified atom stereocenters. The molecule has 0 bridgehead atoms. The third-order valence-electron chi connectivity index (χ3n) is 4.37. The Balaban J connectivity index is 2.02. The van der Waals surface area contributed by atoms with Crippen LogP contribution in [0.4, 0.5) is 0 Å². The molecular weight excluding hydrogens is 278 g/mol. The van der Waals surface area contributed by atoms with Gasteiger partial charge >= 0.3 is 0 Å². The van der Waals surface area contributed by atoms with Crippen LogP contribution in [0.15, 0.2) is 4.60 Å². The Morgan fingerprint density at radius 3 is 2.82 bits per heavy atom. The normalized spacial score (nSPS) is 22.0. The van der Waals surface area contributed by atoms with Crippen molar-refractivity contribution in [2.45, 2.75) is 50.5 Å². The fourth-order valence-electron chi connectivity index (χ4n) is 3.32. The first-order valence-corrected chi connectivity index (χ1v) is 7.46. The molecule has 3 rings (SSSR count). The number of hydrogen-bond acceptors (Lipinski definition) is 2. The van der Waals surface area contributed by atoms with Gasteiger partial charge in [0.25, 0.3) is 0 Å². The Bertz CT molecular complexity index is 421. The summed E-state index contributed by atoms with van der Waals surface area (Å²) in [6.07, 6.45) is 7.72. The molecule has 0 saturated heterocycles. The molecule has 3 nitrogen and oxygen atoms in total. The predicted molar refractivity (Wildman–Crippen MR) is 72.3 cm³/mol. The third kappa shape index (κ3) is 1.76. The molecule has 1 aromatic heterocycles. The number of rotatable bonds is 3. The maximum absolute atomic E-state index is 4.84. The van der Waals surface area contributed by atoms with Gasteiger partial charge < -0.3 is 9.88 Å². The van der Waals surface area contributed by atoms with E-state index in [9.17, 15) is 0 Å². The average Bonchev–Trinajstić information content (AvgIpc) is 2.63. The summed E-state index contributed by atoms with van der Waals surface area (Å²) < 4.78 is 3.58. The Kier molecular flexibility index (Phi) is 3.03. The van der Waals surface area contributed by atoms with Crippen molar-refractivity contribution in [1.82, 2.24) is 14.9 Å². The number of aromatic nitrogens is 2. The smallest absolute Gasteiger partial charge is 0.127 e. The first-order chi connectivity index (χ1) is 8.27. The molecule has 1 aliphatic heterocycles. The van der Waals surface area contributed by atoms with Gasteiger partial charge in [-0.3, -0.25) is 0 Å². The maximum Gasteiger partial charge on any atom is 0.127 e. The Morgan fingerprint density at radius 2 is 2.18 bits per heavy atom. The van der Waals surface area contributed by atoms with Crippen molar-refractivity contribution in [3.05, 3.63) is 16.1 Å². The van der Waals surface area contributed by atoms with Crippen molar-refractivity contribution in [3.63, 3.8) is 0 Å². The van der Waals surface area contributed by atoms with Crippen molar-refractivity contribution >= 4 is 15.9 Å². The van der Waals surface area contributed by atoms with E-state index in [2.05, 4.69) is 32.9 Å². The van der Waals surface area contributed by atoms with Gasteiger partial charge in [0.1, 0.15) is 10.4 Å². The van der Waals surface area contributed by atoms with Crippen LogP contribution in [-0.2, 0) is 18.4 Å². The van der Waals surface area contributed by atoms with E-state index in [4.69, 9.17) is 4.98 Å². The standard InChI is InChI=1S/C13H20BrN3/c1-15-9-13(6-4-7-13)12-16-11(14)10-5-2-3-8-17(10)12/h15H,2-9H2,1H3. The molecule has 1 fully saturated rings. The zero-order chi connectivity index (χ0) is 11.9. The lowest BCUT2D eigenvalue weighted by Gasteiger charge is -2.41. The molecule has 0 aromatic carbocycles. The molecule has 1 N–H and O–H groups in total. The first-order valence-electron chi connectivity index (χ1n) is 6.67. The average molecular weight is 298 g/mol. The van der Waals surface area contributed by atoms with Crippen LogP contribution in [0.2, 0.25) is 0 Å². The molecule has 2 aliphatic rings. The Morgan fingerprint density at radius 1 is 1.35 bits per heavy atom. The van der Waals surface area contributed by atoms with Crippen LogP contribution in [0, 0.1) is 0 Å². The second kappa shape index (κ2) is 4.39. The minimum atomic E-state index is 0.312. The number of hydrogen-bond donors (Lipinski definition) is 1. The molecule has 0 atom stereocenters. The van der Waals surface area contributed by atoms with Crippen molar-refractivity contribution in [2.24, 2.45) is 0 Å². The zero-order valence-corrected chi connectivity index (χ0v) is 12.0. The van der Waals surface area contributed by atoms with Gasteiger partial charge in [0.05, 0.1) is 5.69 Å². The SMILES string of the molecule is CNCC1(c2nc(Br)c3n2CCCC3)CCC1. The van der Waals surface area contributed by atoms with E-state index >= 15 is 0 Å². The maximum atomic E-state index is 4.84. The highest BCUT2D eigenvalue weighted by Crippen LogP contribution is 2.44. The van der Waals surface area contributed by atoms with E-state index in [1.807, 2.05) is 0 Å². The van der Waals surface area contributed by atoms with Gasteiger partial charge in [-0.25, -0.2) is 4.98 Å². The summed E-state index contributed by atoms with van der Waals surface area (Å²) in [4.78, 5) is 4.84. The minimum absolute atomic E-state index is 0.312. The van der Waals surface area contributed by atoms with E-state index in [0.717, 1.165) is 17.7 Å². The van der Waals surface area contributed by atoms with Crippen LogP contribution in [0.3, 0.4) is 0 Å². The zero-order valence-electron chi connectivity index (χ0n) is 10.4. The van der Waals surface area contributed by atoms with Crippen LogP contribution >= 0.6 is 15.9 Å². The summed E-state index contributed by atoms with van der Waals surface area (Å²) in [5, 5.41) is 3.36. The van der Waals surface area contributed by atoms with Crippen molar-refractivity contribution in [2.75, 3.05) is 13.6 Å². The van der Waals surface area contributed by atoms with Crippen LogP contribution in [0.1, 0.15) is 43.6 Å². The number of halogens is 1. The molecule has 1 aliphatic carbocycles. The lowest BCUT2D eigenvalue weighted by atomic mass is 9.68. The number of likely N-dealkylation sites (N-methyl/N-ethyl adjacent to an activating group) is 1. The van der Waals surface area contributed by atoms with Gasteiger partial charge in [-0.1, -0.05) is 6.42 Å². The lowest BCUT2D eigenvalue weighted by molar-refractivity contribution is 0.214. The highest BCUT2D eigenvalue weighted by atomic mass is 79.9. The second-order valence-corrected chi connectivity index (χ2v) is 6.20. The van der Waals surface area contributed by atoms with Gasteiger partial charge in [-0.05, 0) is 55.1 Å². The summed E-state index contributed by atoms with van der Waals surface area (Å²) in [5.41, 5.74) is 1.74. The fourth-order valence-corrected chi connectivity index (χ4v) is 3.90. The van der Waals surface area contributed by atoms with E-state index in [0.29, 0.717) is 5.41 Å². The van der Waals surface area contributed by atoms with E-state index in [1.165, 1.54) is 50.0 Å². The quantitative estimate of drug-likeness (QED) is 0.929. The second-order valence-electron chi connectivity index (χ2n) is 5.45. The number of imidazole rings is 1. The molecular formula is C13H20BrN3. The van der Waals surface area contributed by atoms with Crippen LogP contribution < -0.4 is 5.32 Å². The van der Waals surface area contributed by atoms with Crippen LogP contribution in [-0.4, -0.2) is 23.1 Å². The van der Waals surface area contributed by atoms with Gasteiger partial charge in [0.2, 0.25) is 0 Å². The molecule has 2 heterocycles. The number of nitrogens with zero attached hydrogens (tertiary/aromatic N) is 2. The molecule has 4 heteroatoms. The topological polar surface area (TPSA) is 29.9 Å². The fraction of sp³-hybridized carbons (Fsp3) is 0.769. The largest absolute Gasteiger partial charge is 0.330 e. The Labute approximate surface area is 111 Å². The minimum Gasteiger partial charge on any atom is -0.330 e. The molecule has 0 radical (unpaired) electrons. The molecule has 0 amide bonds. The predicted octanol–water partition coefficient (Wildman–Crippen LogP) is 2.62. The molecule has 1 aromatic rings. The molecule has 94 valence electrons. The van der Waals surface area contributed by atoms with Crippen LogP contribution in [0.5, 0.6) is 0 Å². The summed E-state index contributed by atoms with van der Waals surface area (Å²) in [6, 6.07) is 0. The van der Waals surface area contributed by atoms with Crippen molar-refractivity contribution < 1.29 is 0 Å². The van der Waals surface area contributed by atoms with E-state index in [-0.39, 0.29) is 0 Å². The van der Waals surface area contributed by atoms with Gasteiger partial charge in [0.15, 0.2) is 0 Å². The number of nitrogens with one attached hydrogen (secondary N) is 1. The summed E-state index contributed by atoms with van der Waals surface area (Å²) in [7, 11) is 2.05. The van der Waals surface area contributed by atoms with Crippen molar-refractivity contribution in [3.8, 4) is 0 Å². The molecule has 17 heavy (non-hydrogen) atoms. The Hall–Kier alpha value is -0.350. The van der Waals surface area contributed by atoms with Gasteiger partial charge in [-0.2, -0.15) is 0 Å². The molecule has 1 saturated carbocycles. The van der Waals surface area contributed by atoms with Crippen molar-refractivity contribution in [1.29, 1.82) is 0 Å². The van der Waals surface area contributed by atoms with E-state index < -0.39 is 0 Å².